The van der Waals surface area contributed by atoms with Crippen molar-refractivity contribution in [1.82, 2.24) is 9.88 Å². The zero-order valence-electron chi connectivity index (χ0n) is 18.5. The van der Waals surface area contributed by atoms with E-state index in [1.165, 1.54) is 11.0 Å². The molecule has 2 aromatic rings. The molecule has 2 N–H and O–H groups in total. The van der Waals surface area contributed by atoms with Crippen molar-refractivity contribution in [1.29, 1.82) is 0 Å². The predicted molar refractivity (Wildman–Crippen MR) is 120 cm³/mol. The summed E-state index contributed by atoms with van der Waals surface area (Å²) in [5.74, 6) is -0.868. The van der Waals surface area contributed by atoms with E-state index in [4.69, 9.17) is 10.5 Å². The third-order valence-corrected chi connectivity index (χ3v) is 6.21. The van der Waals surface area contributed by atoms with Gasteiger partial charge in [0.25, 0.3) is 0 Å². The second kappa shape index (κ2) is 9.05. The van der Waals surface area contributed by atoms with E-state index in [9.17, 15) is 18.8 Å². The minimum atomic E-state index is -0.674. The molecule has 9 nitrogen and oxygen atoms in total. The normalized spacial score (nSPS) is 19.4. The lowest BCUT2D eigenvalue weighted by molar-refractivity contribution is -0.129. The number of piperazine rings is 1. The van der Waals surface area contributed by atoms with Gasteiger partial charge in [0.15, 0.2) is 0 Å². The molecule has 4 rings (SSSR count). The summed E-state index contributed by atoms with van der Waals surface area (Å²) in [6, 6.07) is 8.12. The summed E-state index contributed by atoms with van der Waals surface area (Å²) in [4.78, 5) is 44.7. The van der Waals surface area contributed by atoms with E-state index in [0.717, 1.165) is 5.82 Å². The van der Waals surface area contributed by atoms with Crippen LogP contribution in [-0.4, -0.2) is 66.6 Å². The largest absolute Gasteiger partial charge is 0.443 e. The van der Waals surface area contributed by atoms with Gasteiger partial charge in [0.05, 0.1) is 18.2 Å². The predicted octanol–water partition coefficient (Wildman–Crippen LogP) is 2.00. The highest BCUT2D eigenvalue weighted by atomic mass is 19.1. The number of nitrogens with two attached hydrogens (primary N) is 1. The van der Waals surface area contributed by atoms with E-state index in [1.54, 1.807) is 43.1 Å². The van der Waals surface area contributed by atoms with Crippen molar-refractivity contribution in [3.63, 3.8) is 0 Å². The highest BCUT2D eigenvalue weighted by Crippen LogP contribution is 2.30. The summed E-state index contributed by atoms with van der Waals surface area (Å²) in [6.07, 6.45) is 0.294. The van der Waals surface area contributed by atoms with Crippen LogP contribution in [0, 0.1) is 11.7 Å². The van der Waals surface area contributed by atoms with E-state index >= 15 is 0 Å². The third-order valence-electron chi connectivity index (χ3n) is 6.21. The maximum Gasteiger partial charge on any atom is 0.414 e. The monoisotopic (exact) mass is 455 g/mol. The number of carbonyl (C=O) groups is 3. The van der Waals surface area contributed by atoms with Crippen LogP contribution in [0.25, 0.3) is 11.1 Å². The number of rotatable bonds is 5. The molecule has 0 radical (unpaired) electrons. The minimum absolute atomic E-state index is 0.0666. The fraction of sp³-hybridized carbons (Fsp3) is 0.391. The van der Waals surface area contributed by atoms with Crippen LogP contribution in [0.4, 0.5) is 20.7 Å². The highest BCUT2D eigenvalue weighted by Gasteiger charge is 2.38. The Labute approximate surface area is 190 Å². The van der Waals surface area contributed by atoms with Crippen molar-refractivity contribution >= 4 is 29.4 Å². The third kappa shape index (κ3) is 4.59. The average molecular weight is 455 g/mol. The van der Waals surface area contributed by atoms with Crippen LogP contribution >= 0.6 is 0 Å². The van der Waals surface area contributed by atoms with E-state index in [-0.39, 0.29) is 12.5 Å². The minimum Gasteiger partial charge on any atom is -0.443 e. The zero-order valence-corrected chi connectivity index (χ0v) is 18.5. The van der Waals surface area contributed by atoms with Gasteiger partial charge in [0, 0.05) is 50.4 Å². The van der Waals surface area contributed by atoms with Crippen molar-refractivity contribution in [3.05, 3.63) is 42.3 Å². The molecule has 3 amide bonds. The Morgan fingerprint density at radius 1 is 1.18 bits per heavy atom. The maximum atomic E-state index is 14.9. The fourth-order valence-electron chi connectivity index (χ4n) is 4.03. The van der Waals surface area contributed by atoms with Gasteiger partial charge in [-0.1, -0.05) is 0 Å². The summed E-state index contributed by atoms with van der Waals surface area (Å²) in [5.41, 5.74) is 6.60. The van der Waals surface area contributed by atoms with E-state index in [1.807, 2.05) is 6.07 Å². The number of hydrogen-bond donors (Lipinski definition) is 1. The van der Waals surface area contributed by atoms with Gasteiger partial charge >= 0.3 is 6.09 Å². The smallest absolute Gasteiger partial charge is 0.414 e. The van der Waals surface area contributed by atoms with Crippen LogP contribution in [0.1, 0.15) is 13.8 Å². The van der Waals surface area contributed by atoms with Crippen LogP contribution in [0.2, 0.25) is 0 Å². The molecule has 2 aliphatic heterocycles. The van der Waals surface area contributed by atoms with Gasteiger partial charge in [0.2, 0.25) is 11.8 Å². The molecular weight excluding hydrogens is 429 g/mol. The Kier molecular flexibility index (Phi) is 6.17. The Morgan fingerprint density at radius 3 is 2.48 bits per heavy atom. The molecule has 2 saturated heterocycles. The number of primary amides is 1. The van der Waals surface area contributed by atoms with Gasteiger partial charge in [0.1, 0.15) is 17.7 Å². The Morgan fingerprint density at radius 2 is 1.91 bits per heavy atom. The number of ether oxygens (including phenoxy) is 1. The highest BCUT2D eigenvalue weighted by molar-refractivity contribution is 5.91. The molecule has 3 heterocycles. The van der Waals surface area contributed by atoms with Gasteiger partial charge in [-0.25, -0.2) is 14.2 Å². The van der Waals surface area contributed by atoms with Gasteiger partial charge in [-0.3, -0.25) is 14.5 Å². The van der Waals surface area contributed by atoms with Crippen molar-refractivity contribution in [2.75, 3.05) is 42.5 Å². The van der Waals surface area contributed by atoms with Gasteiger partial charge in [-0.05, 0) is 37.3 Å². The number of aromatic nitrogens is 1. The van der Waals surface area contributed by atoms with Crippen molar-refractivity contribution in [2.45, 2.75) is 20.0 Å². The molecule has 33 heavy (non-hydrogen) atoms. The lowest BCUT2D eigenvalue weighted by atomic mass is 10.0. The maximum absolute atomic E-state index is 14.9. The second-order valence-electron chi connectivity index (χ2n) is 8.29. The first kappa shape index (κ1) is 22.5. The topological polar surface area (TPSA) is 109 Å². The number of anilines is 2. The number of carbonyl (C=O) groups excluding carboxylic acids is 3. The summed E-state index contributed by atoms with van der Waals surface area (Å²) in [7, 11) is 0. The molecule has 0 bridgehead atoms. The summed E-state index contributed by atoms with van der Waals surface area (Å²) >= 11 is 0. The standard InChI is InChI=1S/C23H26FN5O4/c1-14(22(25)31)20-13-29(23(32)33-20)17-4-5-18(19(24)11-17)16-3-6-21(26-12-16)28-9-7-27(8-10-28)15(2)30/h3-6,11-12,14,20H,7-10,13H2,1-2H3,(H2,25,31). The first-order valence-electron chi connectivity index (χ1n) is 10.8. The van der Waals surface area contributed by atoms with Crippen molar-refractivity contribution in [2.24, 2.45) is 11.7 Å². The zero-order chi connectivity index (χ0) is 23.7. The Bertz CT molecular complexity index is 1070. The van der Waals surface area contributed by atoms with Crippen molar-refractivity contribution in [3.8, 4) is 11.1 Å². The van der Waals surface area contributed by atoms with E-state index in [0.29, 0.717) is 43.0 Å². The molecular formula is C23H26FN5O4. The fourth-order valence-corrected chi connectivity index (χ4v) is 4.03. The Hall–Kier alpha value is -3.69. The summed E-state index contributed by atoms with van der Waals surface area (Å²) in [5, 5.41) is 0. The van der Waals surface area contributed by atoms with Crippen LogP contribution in [0.5, 0.6) is 0 Å². The molecule has 0 aliphatic carbocycles. The Balaban J connectivity index is 1.46. The first-order valence-corrected chi connectivity index (χ1v) is 10.8. The lowest BCUT2D eigenvalue weighted by Crippen LogP contribution is -2.48. The quantitative estimate of drug-likeness (QED) is 0.739. The number of nitrogens with zero attached hydrogens (tertiary/aromatic N) is 4. The molecule has 2 fully saturated rings. The number of benzene rings is 1. The molecule has 2 atom stereocenters. The van der Waals surface area contributed by atoms with E-state index < -0.39 is 29.8 Å². The van der Waals surface area contributed by atoms with Crippen LogP contribution in [-0.2, 0) is 14.3 Å². The summed E-state index contributed by atoms with van der Waals surface area (Å²) in [6.45, 7) is 5.95. The van der Waals surface area contributed by atoms with Crippen LogP contribution in [0.15, 0.2) is 36.5 Å². The summed E-state index contributed by atoms with van der Waals surface area (Å²) < 4.78 is 20.2. The van der Waals surface area contributed by atoms with Gasteiger partial charge in [-0.2, -0.15) is 0 Å². The molecule has 10 heteroatoms. The second-order valence-corrected chi connectivity index (χ2v) is 8.29. The number of hydrogen-bond acceptors (Lipinski definition) is 6. The first-order chi connectivity index (χ1) is 15.7. The lowest BCUT2D eigenvalue weighted by Gasteiger charge is -2.34. The number of cyclic esters (lactones) is 1. The molecule has 1 aromatic heterocycles. The average Bonchev–Trinajstić information content (AvgIpc) is 3.20. The molecule has 0 spiro atoms. The molecule has 1 aromatic carbocycles. The number of amides is 3. The SMILES string of the molecule is CC(=O)N1CCN(c2ccc(-c3ccc(N4CC(C(C)C(N)=O)OC4=O)cc3F)cn2)CC1. The van der Waals surface area contributed by atoms with Crippen LogP contribution in [0.3, 0.4) is 0 Å². The van der Waals surface area contributed by atoms with Gasteiger partial charge in [-0.15, -0.1) is 0 Å². The van der Waals surface area contributed by atoms with E-state index in [2.05, 4.69) is 9.88 Å². The molecule has 2 unspecified atom stereocenters. The van der Waals surface area contributed by atoms with Gasteiger partial charge < -0.3 is 20.3 Å². The van der Waals surface area contributed by atoms with Crippen LogP contribution < -0.4 is 15.5 Å². The molecule has 174 valence electrons. The number of pyridine rings is 1. The number of halogens is 1. The molecule has 2 aliphatic rings. The van der Waals surface area contributed by atoms with Crippen molar-refractivity contribution < 1.29 is 23.5 Å². The molecule has 0 saturated carbocycles.